The van der Waals surface area contributed by atoms with Gasteiger partial charge in [-0.15, -0.1) is 0 Å². The molecule has 0 fully saturated rings. The van der Waals surface area contributed by atoms with Crippen molar-refractivity contribution in [3.8, 4) is 16.9 Å². The Labute approximate surface area is 352 Å². The third-order valence-electron chi connectivity index (χ3n) is 10.7. The normalized spacial score (nSPS) is 11.3. The SMILES string of the molecule is C=C(c1ccc(N(c2ccccc2)c2ccccc2)cc1)c1c(C=CC=CC)n(-c2ccccc2)c2ccnc(-c3ccc(N(c4ccccc4)c4ccccc4)cc3)c12. The van der Waals surface area contributed by atoms with Crippen molar-refractivity contribution in [1.29, 1.82) is 0 Å². The first kappa shape index (κ1) is 37.6. The van der Waals surface area contributed by atoms with E-state index in [1.54, 1.807) is 0 Å². The average Bonchev–Trinajstić information content (AvgIpc) is 3.65. The van der Waals surface area contributed by atoms with Gasteiger partial charge in [0.2, 0.25) is 0 Å². The van der Waals surface area contributed by atoms with Crippen LogP contribution >= 0.6 is 0 Å². The Morgan fingerprint density at radius 3 is 1.40 bits per heavy atom. The Morgan fingerprint density at radius 2 is 0.933 bits per heavy atom. The summed E-state index contributed by atoms with van der Waals surface area (Å²) in [6, 6.07) is 72.2. The molecule has 0 saturated heterocycles. The Bertz CT molecular complexity index is 2820. The Hall–Kier alpha value is -7.95. The lowest BCUT2D eigenvalue weighted by Crippen LogP contribution is -2.09. The lowest BCUT2D eigenvalue weighted by atomic mass is 9.94. The first-order chi connectivity index (χ1) is 29.7. The van der Waals surface area contributed by atoms with Crippen LogP contribution < -0.4 is 9.80 Å². The molecule has 2 heterocycles. The molecule has 0 aliphatic rings. The topological polar surface area (TPSA) is 24.3 Å². The average molecular weight is 773 g/mol. The number of hydrogen-bond acceptors (Lipinski definition) is 3. The Morgan fingerprint density at radius 1 is 0.500 bits per heavy atom. The van der Waals surface area contributed by atoms with Gasteiger partial charge >= 0.3 is 0 Å². The lowest BCUT2D eigenvalue weighted by Gasteiger charge is -2.25. The van der Waals surface area contributed by atoms with Crippen molar-refractivity contribution in [2.75, 3.05) is 9.80 Å². The van der Waals surface area contributed by atoms with Crippen molar-refractivity contribution < 1.29 is 0 Å². The minimum Gasteiger partial charge on any atom is -0.311 e. The fourth-order valence-electron chi connectivity index (χ4n) is 7.98. The van der Waals surface area contributed by atoms with Gasteiger partial charge in [-0.25, -0.2) is 0 Å². The van der Waals surface area contributed by atoms with Gasteiger partial charge < -0.3 is 14.4 Å². The predicted octanol–water partition coefficient (Wildman–Crippen LogP) is 15.3. The summed E-state index contributed by atoms with van der Waals surface area (Å²) in [5, 5.41) is 1.04. The fraction of sp³-hybridized carbons (Fsp3) is 0.0179. The summed E-state index contributed by atoms with van der Waals surface area (Å²) >= 11 is 0. The largest absolute Gasteiger partial charge is 0.311 e. The van der Waals surface area contributed by atoms with E-state index in [0.29, 0.717) is 0 Å². The van der Waals surface area contributed by atoms with Crippen LogP contribution in [0.2, 0.25) is 0 Å². The van der Waals surface area contributed by atoms with Crippen molar-refractivity contribution in [3.63, 3.8) is 0 Å². The maximum absolute atomic E-state index is 5.14. The highest BCUT2D eigenvalue weighted by molar-refractivity contribution is 6.08. The highest BCUT2D eigenvalue weighted by Gasteiger charge is 2.24. The first-order valence-electron chi connectivity index (χ1n) is 20.3. The molecule has 2 aromatic heterocycles. The molecule has 288 valence electrons. The monoisotopic (exact) mass is 772 g/mol. The molecule has 0 radical (unpaired) electrons. The van der Waals surface area contributed by atoms with E-state index in [2.05, 4.69) is 239 Å². The van der Waals surface area contributed by atoms with E-state index in [4.69, 9.17) is 11.6 Å². The van der Waals surface area contributed by atoms with E-state index >= 15 is 0 Å². The maximum atomic E-state index is 5.14. The van der Waals surface area contributed by atoms with Crippen molar-refractivity contribution in [3.05, 3.63) is 254 Å². The van der Waals surface area contributed by atoms with Gasteiger partial charge in [-0.1, -0.05) is 140 Å². The minimum atomic E-state index is 0.896. The molecule has 0 N–H and O–H groups in total. The van der Waals surface area contributed by atoms with Gasteiger partial charge in [0.1, 0.15) is 0 Å². The zero-order valence-corrected chi connectivity index (χ0v) is 33.5. The number of nitrogens with zero attached hydrogens (tertiary/aromatic N) is 4. The van der Waals surface area contributed by atoms with Crippen LogP contribution in [-0.2, 0) is 0 Å². The van der Waals surface area contributed by atoms with E-state index in [9.17, 15) is 0 Å². The molecule has 4 heteroatoms. The molecule has 9 rings (SSSR count). The fourth-order valence-corrected chi connectivity index (χ4v) is 7.98. The van der Waals surface area contributed by atoms with Crippen LogP contribution in [0.25, 0.3) is 39.5 Å². The van der Waals surface area contributed by atoms with Crippen molar-refractivity contribution in [1.82, 2.24) is 9.55 Å². The minimum absolute atomic E-state index is 0.896. The molecule has 0 bridgehead atoms. The Kier molecular flexibility index (Phi) is 10.8. The number of benzene rings is 7. The quantitative estimate of drug-likeness (QED) is 0.116. The molecule has 7 aromatic carbocycles. The number of anilines is 6. The number of allylic oxidation sites excluding steroid dienone is 3. The van der Waals surface area contributed by atoms with Crippen LogP contribution in [0.4, 0.5) is 34.1 Å². The van der Waals surface area contributed by atoms with Crippen LogP contribution in [0.1, 0.15) is 23.7 Å². The standard InChI is InChI=1S/C56H44N4/c1-3-4-10-31-52-54(42(2)43-32-36-50(37-33-43)58(45-21-11-5-12-22-45)46-23-13-6-14-24-46)55-53(60(52)49-29-19-9-20-30-49)40-41-57-56(55)44-34-38-51(39-35-44)59(47-25-15-7-16-26-47)48-27-17-8-18-28-48/h3-41H,2H2,1H3. The lowest BCUT2D eigenvalue weighted by molar-refractivity contribution is 1.10. The number of fused-ring (bicyclic) bond motifs is 1. The highest BCUT2D eigenvalue weighted by atomic mass is 15.1. The van der Waals surface area contributed by atoms with Crippen LogP contribution in [0.15, 0.2) is 237 Å². The summed E-state index contributed by atoms with van der Waals surface area (Å²) in [6.45, 7) is 6.89. The zero-order chi connectivity index (χ0) is 40.7. The van der Waals surface area contributed by atoms with E-state index in [-0.39, 0.29) is 0 Å². The first-order valence-corrected chi connectivity index (χ1v) is 20.3. The van der Waals surface area contributed by atoms with Gasteiger partial charge in [-0.05, 0) is 115 Å². The number of hydrogen-bond donors (Lipinski definition) is 0. The summed E-state index contributed by atoms with van der Waals surface area (Å²) in [5.74, 6) is 0. The second-order valence-corrected chi connectivity index (χ2v) is 14.5. The van der Waals surface area contributed by atoms with Gasteiger partial charge in [0.15, 0.2) is 0 Å². The van der Waals surface area contributed by atoms with Crippen LogP contribution in [0.3, 0.4) is 0 Å². The van der Waals surface area contributed by atoms with Gasteiger partial charge in [0.25, 0.3) is 0 Å². The number of para-hydroxylation sites is 5. The third kappa shape index (κ3) is 7.46. The van der Waals surface area contributed by atoms with Gasteiger partial charge in [0, 0.05) is 62.5 Å². The van der Waals surface area contributed by atoms with Gasteiger partial charge in [-0.2, -0.15) is 0 Å². The molecular weight excluding hydrogens is 729 g/mol. The smallest absolute Gasteiger partial charge is 0.0802 e. The molecule has 0 aliphatic heterocycles. The maximum Gasteiger partial charge on any atom is 0.0802 e. The summed E-state index contributed by atoms with van der Waals surface area (Å²) in [7, 11) is 0. The predicted molar refractivity (Wildman–Crippen MR) is 254 cm³/mol. The third-order valence-corrected chi connectivity index (χ3v) is 10.7. The van der Waals surface area contributed by atoms with E-state index in [1.807, 2.05) is 19.2 Å². The number of aromatic nitrogens is 2. The number of rotatable bonds is 12. The molecule has 4 nitrogen and oxygen atoms in total. The summed E-state index contributed by atoms with van der Waals surface area (Å²) < 4.78 is 2.34. The molecule has 0 unspecified atom stereocenters. The summed E-state index contributed by atoms with van der Waals surface area (Å²) in [5.41, 5.74) is 14.5. The molecule has 0 atom stereocenters. The summed E-state index contributed by atoms with van der Waals surface area (Å²) in [6.07, 6.45) is 10.3. The molecular formula is C56H44N4. The van der Waals surface area contributed by atoms with Crippen LogP contribution in [0.5, 0.6) is 0 Å². The summed E-state index contributed by atoms with van der Waals surface area (Å²) in [4.78, 5) is 9.70. The number of pyridine rings is 1. The van der Waals surface area contributed by atoms with Crippen molar-refractivity contribution >= 4 is 56.7 Å². The van der Waals surface area contributed by atoms with E-state index in [0.717, 1.165) is 84.4 Å². The molecule has 0 aliphatic carbocycles. The molecule has 60 heavy (non-hydrogen) atoms. The van der Waals surface area contributed by atoms with Crippen molar-refractivity contribution in [2.24, 2.45) is 0 Å². The molecule has 0 amide bonds. The van der Waals surface area contributed by atoms with E-state index in [1.165, 1.54) is 0 Å². The molecule has 0 saturated carbocycles. The second-order valence-electron chi connectivity index (χ2n) is 14.5. The van der Waals surface area contributed by atoms with Crippen molar-refractivity contribution in [2.45, 2.75) is 6.92 Å². The van der Waals surface area contributed by atoms with E-state index < -0.39 is 0 Å². The van der Waals surface area contributed by atoms with Crippen LogP contribution in [0, 0.1) is 0 Å². The Balaban J connectivity index is 1.20. The van der Waals surface area contributed by atoms with Crippen LogP contribution in [-0.4, -0.2) is 9.55 Å². The van der Waals surface area contributed by atoms with Gasteiger partial charge in [-0.3, -0.25) is 4.98 Å². The molecule has 0 spiro atoms. The second kappa shape index (κ2) is 17.3. The zero-order valence-electron chi connectivity index (χ0n) is 33.5. The molecule has 9 aromatic rings. The van der Waals surface area contributed by atoms with Gasteiger partial charge in [0.05, 0.1) is 16.9 Å². The highest BCUT2D eigenvalue weighted by Crippen LogP contribution is 2.43.